The van der Waals surface area contributed by atoms with Gasteiger partial charge in [0.2, 0.25) is 5.91 Å². The maximum absolute atomic E-state index is 14.4. The fourth-order valence-corrected chi connectivity index (χ4v) is 4.85. The molecule has 10 heteroatoms. The number of amides is 1. The highest BCUT2D eigenvalue weighted by Gasteiger charge is 2.34. The van der Waals surface area contributed by atoms with E-state index in [-0.39, 0.29) is 48.1 Å². The second-order valence-corrected chi connectivity index (χ2v) is 8.91. The minimum Gasteiger partial charge on any atom is -0.458 e. The Hall–Kier alpha value is -3.63. The maximum Gasteiger partial charge on any atom is 0.340 e. The zero-order chi connectivity index (χ0) is 24.9. The van der Waals surface area contributed by atoms with Crippen LogP contribution in [0.15, 0.2) is 23.0 Å². The van der Waals surface area contributed by atoms with Crippen LogP contribution < -0.4 is 16.6 Å². The van der Waals surface area contributed by atoms with Crippen LogP contribution in [0.1, 0.15) is 46.8 Å². The van der Waals surface area contributed by atoms with Crippen molar-refractivity contribution < 1.29 is 23.8 Å². The topological polar surface area (TPSA) is 137 Å². The monoisotopic (exact) mass is 480 g/mol. The summed E-state index contributed by atoms with van der Waals surface area (Å²) in [5, 5.41) is 13.9. The van der Waals surface area contributed by atoms with E-state index < -0.39 is 12.1 Å². The Balaban J connectivity index is 1.59. The Morgan fingerprint density at radius 1 is 1.29 bits per heavy atom. The lowest BCUT2D eigenvalue weighted by molar-refractivity contribution is -0.157. The van der Waals surface area contributed by atoms with E-state index in [0.29, 0.717) is 35.4 Å². The first kappa shape index (κ1) is 23.1. The van der Waals surface area contributed by atoms with Gasteiger partial charge in [-0.3, -0.25) is 9.59 Å². The van der Waals surface area contributed by atoms with E-state index in [4.69, 9.17) is 15.5 Å². The minimum atomic E-state index is -1.54. The molecule has 4 heterocycles. The number of aryl methyl sites for hydroxylation is 2. The summed E-state index contributed by atoms with van der Waals surface area (Å²) in [5.74, 6) is -1.39. The van der Waals surface area contributed by atoms with Crippen LogP contribution in [-0.4, -0.2) is 39.6 Å². The first-order valence-corrected chi connectivity index (χ1v) is 11.5. The van der Waals surface area contributed by atoms with Gasteiger partial charge in [-0.05, 0) is 49.4 Å². The number of esters is 1. The quantitative estimate of drug-likeness (QED) is 0.280. The van der Waals surface area contributed by atoms with Gasteiger partial charge >= 0.3 is 5.97 Å². The molecule has 9 nitrogen and oxygen atoms in total. The molecule has 2 aliphatic rings. The van der Waals surface area contributed by atoms with E-state index in [1.165, 1.54) is 6.07 Å². The van der Waals surface area contributed by atoms with Gasteiger partial charge in [-0.15, -0.1) is 0 Å². The van der Waals surface area contributed by atoms with Crippen LogP contribution in [0.5, 0.6) is 0 Å². The number of nitrogens with two attached hydrogens (primary N) is 1. The number of benzene rings is 1. The summed E-state index contributed by atoms with van der Waals surface area (Å²) >= 11 is 0. The molecule has 1 atom stereocenters. The van der Waals surface area contributed by atoms with Gasteiger partial charge in [-0.25, -0.2) is 14.2 Å². The van der Waals surface area contributed by atoms with Crippen molar-refractivity contribution in [3.05, 3.63) is 62.2 Å². The number of hydrogen-bond donors (Lipinski definition) is 3. The summed E-state index contributed by atoms with van der Waals surface area (Å²) in [5.41, 5.74) is 9.26. The number of nitrogens with zero attached hydrogens (tertiary/aromatic N) is 2. The standard InChI is InChI=1S/C25H25FN4O5/c1-12-6-14-13(4-2-3-5-28-21(31)9-27)16-10-30-20(22(16)29-19(14)8-18(12)26)7-15-17(24(30)33)11-35-25(34)23(15)32/h6-8,23,32H,2-5,9-11,27H2,1H3,(H,28,31)/t23-/m0/s1. The summed E-state index contributed by atoms with van der Waals surface area (Å²) in [7, 11) is 0. The fraction of sp³-hybridized carbons (Fsp3) is 0.360. The van der Waals surface area contributed by atoms with Gasteiger partial charge in [0.15, 0.2) is 6.10 Å². The van der Waals surface area contributed by atoms with Crippen molar-refractivity contribution >= 4 is 22.8 Å². The molecule has 0 fully saturated rings. The number of hydrogen-bond acceptors (Lipinski definition) is 7. The highest BCUT2D eigenvalue weighted by atomic mass is 19.1. The average molecular weight is 480 g/mol. The molecule has 2 aliphatic heterocycles. The molecule has 4 N–H and O–H groups in total. The van der Waals surface area contributed by atoms with Crippen LogP contribution in [0.4, 0.5) is 4.39 Å². The Labute approximate surface area is 199 Å². The van der Waals surface area contributed by atoms with Crippen molar-refractivity contribution in [1.82, 2.24) is 14.9 Å². The molecule has 0 saturated carbocycles. The van der Waals surface area contributed by atoms with Crippen LogP contribution >= 0.6 is 0 Å². The van der Waals surface area contributed by atoms with E-state index in [1.54, 1.807) is 23.6 Å². The van der Waals surface area contributed by atoms with Crippen molar-refractivity contribution in [2.24, 2.45) is 5.73 Å². The third kappa shape index (κ3) is 3.88. The molecular weight excluding hydrogens is 455 g/mol. The van der Waals surface area contributed by atoms with E-state index >= 15 is 0 Å². The molecule has 3 aromatic rings. The van der Waals surface area contributed by atoms with Gasteiger partial charge in [-0.2, -0.15) is 0 Å². The molecule has 0 radical (unpaired) electrons. The van der Waals surface area contributed by atoms with Gasteiger partial charge in [0.05, 0.1) is 35.6 Å². The van der Waals surface area contributed by atoms with Gasteiger partial charge in [0.1, 0.15) is 12.4 Å². The Kier molecular flexibility index (Phi) is 5.86. The lowest BCUT2D eigenvalue weighted by Gasteiger charge is -2.21. The number of unbranched alkanes of at least 4 members (excludes halogenated alkanes) is 1. The van der Waals surface area contributed by atoms with Gasteiger partial charge in [0, 0.05) is 29.1 Å². The summed E-state index contributed by atoms with van der Waals surface area (Å²) in [6, 6.07) is 4.78. The average Bonchev–Trinajstić information content (AvgIpc) is 3.20. The van der Waals surface area contributed by atoms with Crippen molar-refractivity contribution in [2.75, 3.05) is 13.1 Å². The number of pyridine rings is 2. The van der Waals surface area contributed by atoms with E-state index in [9.17, 15) is 23.9 Å². The Morgan fingerprint density at radius 2 is 2.09 bits per heavy atom. The van der Waals surface area contributed by atoms with Gasteiger partial charge in [-0.1, -0.05) is 0 Å². The van der Waals surface area contributed by atoms with E-state index in [2.05, 4.69) is 5.32 Å². The molecular formula is C25H25FN4O5. The third-order valence-corrected chi connectivity index (χ3v) is 6.72. The lowest BCUT2D eigenvalue weighted by atomic mass is 9.94. The Bertz CT molecular complexity index is 1450. The molecule has 0 unspecified atom stereocenters. The Morgan fingerprint density at radius 3 is 2.86 bits per heavy atom. The predicted octanol–water partition coefficient (Wildman–Crippen LogP) is 1.36. The van der Waals surface area contributed by atoms with Crippen molar-refractivity contribution in [3.63, 3.8) is 0 Å². The molecule has 1 aromatic carbocycles. The number of fused-ring (bicyclic) bond motifs is 5. The maximum atomic E-state index is 14.4. The molecule has 182 valence electrons. The molecule has 2 aromatic heterocycles. The highest BCUT2D eigenvalue weighted by Crippen LogP contribution is 2.38. The molecule has 0 aliphatic carbocycles. The summed E-state index contributed by atoms with van der Waals surface area (Å²) in [6.07, 6.45) is 0.565. The van der Waals surface area contributed by atoms with Crippen LogP contribution in [-0.2, 0) is 33.9 Å². The smallest absolute Gasteiger partial charge is 0.340 e. The van der Waals surface area contributed by atoms with E-state index in [0.717, 1.165) is 29.4 Å². The number of halogens is 1. The zero-order valence-corrected chi connectivity index (χ0v) is 19.2. The largest absolute Gasteiger partial charge is 0.458 e. The number of cyclic esters (lactones) is 1. The number of rotatable bonds is 6. The normalized spacial score (nSPS) is 16.0. The first-order valence-electron chi connectivity index (χ1n) is 11.5. The molecule has 5 rings (SSSR count). The van der Waals surface area contributed by atoms with Crippen LogP contribution in [0.3, 0.4) is 0 Å². The van der Waals surface area contributed by atoms with E-state index in [1.807, 2.05) is 0 Å². The van der Waals surface area contributed by atoms with Crippen molar-refractivity contribution in [3.8, 4) is 11.4 Å². The predicted molar refractivity (Wildman–Crippen MR) is 125 cm³/mol. The lowest BCUT2D eigenvalue weighted by Crippen LogP contribution is -2.32. The molecule has 0 spiro atoms. The number of aromatic nitrogens is 2. The third-order valence-electron chi connectivity index (χ3n) is 6.72. The number of ether oxygens (including phenoxy) is 1. The molecule has 0 saturated heterocycles. The SMILES string of the molecule is Cc1cc2c(CCCCNC(=O)CN)c3c(nc2cc1F)-c1cc2c(c(=O)n1C3)COC(=O)[C@H]2O. The van der Waals surface area contributed by atoms with Crippen LogP contribution in [0.2, 0.25) is 0 Å². The fourth-order valence-electron chi connectivity index (χ4n) is 4.85. The number of carbonyl (C=O) groups excluding carboxylic acids is 2. The van der Waals surface area contributed by atoms with Crippen molar-refractivity contribution in [1.29, 1.82) is 0 Å². The van der Waals surface area contributed by atoms with Gasteiger partial charge in [0.25, 0.3) is 5.56 Å². The zero-order valence-electron chi connectivity index (χ0n) is 19.2. The minimum absolute atomic E-state index is 0.0599. The number of nitrogens with one attached hydrogen (secondary N) is 1. The molecule has 0 bridgehead atoms. The summed E-state index contributed by atoms with van der Waals surface area (Å²) in [6.45, 7) is 2.21. The number of carbonyl (C=O) groups is 2. The first-order chi connectivity index (χ1) is 16.8. The number of aliphatic hydroxyl groups is 1. The summed E-state index contributed by atoms with van der Waals surface area (Å²) < 4.78 is 21.0. The highest BCUT2D eigenvalue weighted by molar-refractivity contribution is 5.89. The summed E-state index contributed by atoms with van der Waals surface area (Å²) in [4.78, 5) is 41.2. The van der Waals surface area contributed by atoms with Crippen LogP contribution in [0, 0.1) is 12.7 Å². The van der Waals surface area contributed by atoms with Crippen LogP contribution in [0.25, 0.3) is 22.3 Å². The second kappa shape index (κ2) is 8.86. The molecule has 35 heavy (non-hydrogen) atoms. The second-order valence-electron chi connectivity index (χ2n) is 8.91. The van der Waals surface area contributed by atoms with Gasteiger partial charge < -0.3 is 25.5 Å². The number of aliphatic hydroxyl groups excluding tert-OH is 1. The molecule has 1 amide bonds. The van der Waals surface area contributed by atoms with Crippen molar-refractivity contribution in [2.45, 2.75) is 45.4 Å².